The van der Waals surface area contributed by atoms with Crippen LogP contribution >= 0.6 is 11.6 Å². The third kappa shape index (κ3) is 7.49. The van der Waals surface area contributed by atoms with E-state index in [0.29, 0.717) is 27.5 Å². The predicted octanol–water partition coefficient (Wildman–Crippen LogP) is 4.59. The highest BCUT2D eigenvalue weighted by molar-refractivity contribution is 6.34. The van der Waals surface area contributed by atoms with Crippen LogP contribution in [0.4, 0.5) is 11.4 Å². The molecule has 2 aromatic carbocycles. The lowest BCUT2D eigenvalue weighted by molar-refractivity contribution is -0.114. The molecule has 1 saturated carbocycles. The Morgan fingerprint density at radius 1 is 0.970 bits per heavy atom. The number of hydrogen-bond acceptors (Lipinski definition) is 4. The van der Waals surface area contributed by atoms with E-state index in [0.717, 1.165) is 25.7 Å². The van der Waals surface area contributed by atoms with Crippen molar-refractivity contribution < 1.29 is 14.4 Å². The summed E-state index contributed by atoms with van der Waals surface area (Å²) in [6, 6.07) is 12.0. The lowest BCUT2D eigenvalue weighted by Gasteiger charge is -2.23. The van der Waals surface area contributed by atoms with E-state index in [2.05, 4.69) is 21.3 Å². The second-order valence-electron chi connectivity index (χ2n) is 8.61. The molecule has 0 atom stereocenters. The zero-order valence-corrected chi connectivity index (χ0v) is 19.8. The molecule has 1 fully saturated rings. The molecule has 0 unspecified atom stereocenters. The number of rotatable bonds is 8. The predicted molar refractivity (Wildman–Crippen MR) is 132 cm³/mol. The molecule has 0 bridgehead atoms. The number of carbonyl (C=O) groups excluding carboxylic acids is 3. The van der Waals surface area contributed by atoms with Crippen molar-refractivity contribution in [3.63, 3.8) is 0 Å². The Morgan fingerprint density at radius 2 is 1.73 bits per heavy atom. The standard InChI is InChI=1S/C25H31ClN4O3/c1-16(2)28-24(32)17-7-6-10-19(13-17)27-15-23(31)29-20-11-12-22(26)21(14-20)25(33)30-18-8-4-3-5-9-18/h6-7,10-14,16,18,27H,3-5,8-9,15H2,1-2H3,(H,28,32)(H,29,31)(H,30,33). The van der Waals surface area contributed by atoms with E-state index in [9.17, 15) is 14.4 Å². The van der Waals surface area contributed by atoms with Gasteiger partial charge in [-0.25, -0.2) is 0 Å². The van der Waals surface area contributed by atoms with E-state index in [4.69, 9.17) is 11.6 Å². The summed E-state index contributed by atoms with van der Waals surface area (Å²) >= 11 is 6.24. The van der Waals surface area contributed by atoms with Gasteiger partial charge in [0.15, 0.2) is 0 Å². The molecule has 2 aromatic rings. The molecule has 0 saturated heterocycles. The van der Waals surface area contributed by atoms with Gasteiger partial charge in [0.1, 0.15) is 0 Å². The first-order chi connectivity index (χ1) is 15.8. The van der Waals surface area contributed by atoms with Gasteiger partial charge in [-0.3, -0.25) is 14.4 Å². The van der Waals surface area contributed by atoms with Crippen molar-refractivity contribution in [1.82, 2.24) is 10.6 Å². The Balaban J connectivity index is 1.56. The van der Waals surface area contributed by atoms with Crippen molar-refractivity contribution in [2.45, 2.75) is 58.0 Å². The second-order valence-corrected chi connectivity index (χ2v) is 9.02. The van der Waals surface area contributed by atoms with Crippen molar-refractivity contribution in [2.24, 2.45) is 0 Å². The van der Waals surface area contributed by atoms with Gasteiger partial charge in [0, 0.05) is 29.0 Å². The highest BCUT2D eigenvalue weighted by Crippen LogP contribution is 2.23. The molecule has 8 heteroatoms. The van der Waals surface area contributed by atoms with Crippen molar-refractivity contribution in [2.75, 3.05) is 17.2 Å². The van der Waals surface area contributed by atoms with E-state index in [-0.39, 0.29) is 36.3 Å². The van der Waals surface area contributed by atoms with Crippen molar-refractivity contribution >= 4 is 40.7 Å². The fourth-order valence-corrected chi connectivity index (χ4v) is 3.99. The summed E-state index contributed by atoms with van der Waals surface area (Å²) < 4.78 is 0. The summed E-state index contributed by atoms with van der Waals surface area (Å²) in [6.07, 6.45) is 5.40. The zero-order chi connectivity index (χ0) is 23.8. The molecule has 3 rings (SSSR count). The van der Waals surface area contributed by atoms with Gasteiger partial charge in [-0.05, 0) is 63.1 Å². The Labute approximate surface area is 199 Å². The number of anilines is 2. The molecule has 4 N–H and O–H groups in total. The van der Waals surface area contributed by atoms with E-state index >= 15 is 0 Å². The Bertz CT molecular complexity index is 1000. The molecule has 0 radical (unpaired) electrons. The number of hydrogen-bond donors (Lipinski definition) is 4. The van der Waals surface area contributed by atoms with E-state index < -0.39 is 0 Å². The molecule has 7 nitrogen and oxygen atoms in total. The largest absolute Gasteiger partial charge is 0.376 e. The van der Waals surface area contributed by atoms with Gasteiger partial charge >= 0.3 is 0 Å². The van der Waals surface area contributed by atoms with E-state index in [1.54, 1.807) is 42.5 Å². The SMILES string of the molecule is CC(C)NC(=O)c1cccc(NCC(=O)Nc2ccc(Cl)c(C(=O)NC3CCCCC3)c2)c1. The summed E-state index contributed by atoms with van der Waals surface area (Å²) in [7, 11) is 0. The maximum atomic E-state index is 12.7. The summed E-state index contributed by atoms with van der Waals surface area (Å²) in [6.45, 7) is 3.79. The molecule has 0 aromatic heterocycles. The average Bonchev–Trinajstić information content (AvgIpc) is 2.79. The van der Waals surface area contributed by atoms with Gasteiger partial charge in [-0.2, -0.15) is 0 Å². The Hall–Kier alpha value is -3.06. The molecular weight excluding hydrogens is 440 g/mol. The van der Waals surface area contributed by atoms with Gasteiger partial charge in [0.05, 0.1) is 17.1 Å². The molecule has 1 aliphatic rings. The van der Waals surface area contributed by atoms with Gasteiger partial charge < -0.3 is 21.3 Å². The first-order valence-electron chi connectivity index (χ1n) is 11.4. The molecule has 3 amide bonds. The van der Waals surface area contributed by atoms with Crippen LogP contribution in [0.2, 0.25) is 5.02 Å². The van der Waals surface area contributed by atoms with Crippen molar-refractivity contribution in [3.8, 4) is 0 Å². The van der Waals surface area contributed by atoms with Crippen molar-refractivity contribution in [3.05, 3.63) is 58.6 Å². The lowest BCUT2D eigenvalue weighted by Crippen LogP contribution is -2.36. The van der Waals surface area contributed by atoms with E-state index in [1.807, 2.05) is 13.8 Å². The van der Waals surface area contributed by atoms with Crippen LogP contribution in [0.15, 0.2) is 42.5 Å². The fraction of sp³-hybridized carbons (Fsp3) is 0.400. The molecule has 0 heterocycles. The van der Waals surface area contributed by atoms with Crippen LogP contribution in [0.3, 0.4) is 0 Å². The number of nitrogens with one attached hydrogen (secondary N) is 4. The first kappa shape index (κ1) is 24.6. The van der Waals surface area contributed by atoms with Crippen LogP contribution in [0.1, 0.15) is 66.7 Å². The monoisotopic (exact) mass is 470 g/mol. The molecular formula is C25H31ClN4O3. The lowest BCUT2D eigenvalue weighted by atomic mass is 9.95. The number of benzene rings is 2. The van der Waals surface area contributed by atoms with Gasteiger partial charge in [0.25, 0.3) is 11.8 Å². The minimum Gasteiger partial charge on any atom is -0.376 e. The van der Waals surface area contributed by atoms with Crippen LogP contribution < -0.4 is 21.3 Å². The number of halogens is 1. The highest BCUT2D eigenvalue weighted by atomic mass is 35.5. The van der Waals surface area contributed by atoms with Gasteiger partial charge in [-0.15, -0.1) is 0 Å². The Morgan fingerprint density at radius 3 is 2.45 bits per heavy atom. The summed E-state index contributed by atoms with van der Waals surface area (Å²) in [4.78, 5) is 37.3. The molecule has 1 aliphatic carbocycles. The second kappa shape index (κ2) is 11.7. The van der Waals surface area contributed by atoms with Crippen LogP contribution in [-0.4, -0.2) is 36.3 Å². The van der Waals surface area contributed by atoms with Crippen LogP contribution in [0, 0.1) is 0 Å². The summed E-state index contributed by atoms with van der Waals surface area (Å²) in [5.41, 5.74) is 2.01. The van der Waals surface area contributed by atoms with E-state index in [1.165, 1.54) is 6.42 Å². The third-order valence-corrected chi connectivity index (χ3v) is 5.76. The number of carbonyl (C=O) groups is 3. The van der Waals surface area contributed by atoms with Crippen molar-refractivity contribution in [1.29, 1.82) is 0 Å². The normalized spacial score (nSPS) is 13.9. The van der Waals surface area contributed by atoms with Crippen LogP contribution in [-0.2, 0) is 4.79 Å². The third-order valence-electron chi connectivity index (χ3n) is 5.43. The Kier molecular flexibility index (Phi) is 8.72. The van der Waals surface area contributed by atoms with Crippen LogP contribution in [0.5, 0.6) is 0 Å². The molecule has 0 spiro atoms. The molecule has 33 heavy (non-hydrogen) atoms. The minimum absolute atomic E-state index is 0.00147. The topological polar surface area (TPSA) is 99.3 Å². The quantitative estimate of drug-likeness (QED) is 0.453. The number of amides is 3. The smallest absolute Gasteiger partial charge is 0.253 e. The molecule has 176 valence electrons. The summed E-state index contributed by atoms with van der Waals surface area (Å²) in [5, 5.41) is 12.0. The molecule has 0 aliphatic heterocycles. The maximum Gasteiger partial charge on any atom is 0.253 e. The maximum absolute atomic E-state index is 12.7. The minimum atomic E-state index is -0.284. The summed E-state index contributed by atoms with van der Waals surface area (Å²) in [5.74, 6) is -0.677. The highest BCUT2D eigenvalue weighted by Gasteiger charge is 2.19. The average molecular weight is 471 g/mol. The van der Waals surface area contributed by atoms with Gasteiger partial charge in [0.2, 0.25) is 5.91 Å². The first-order valence-corrected chi connectivity index (χ1v) is 11.7. The van der Waals surface area contributed by atoms with Gasteiger partial charge in [-0.1, -0.05) is 36.9 Å². The fourth-order valence-electron chi connectivity index (χ4n) is 3.79. The zero-order valence-electron chi connectivity index (χ0n) is 19.0. The van der Waals surface area contributed by atoms with Crippen LogP contribution in [0.25, 0.3) is 0 Å².